The van der Waals surface area contributed by atoms with Gasteiger partial charge in [0.15, 0.2) is 0 Å². The average molecular weight is 426 g/mol. The Labute approximate surface area is 172 Å². The Balaban J connectivity index is 1.91. The van der Waals surface area contributed by atoms with Gasteiger partial charge in [-0.3, -0.25) is 4.79 Å². The van der Waals surface area contributed by atoms with Crippen molar-refractivity contribution in [2.75, 3.05) is 11.4 Å². The van der Waals surface area contributed by atoms with Crippen LogP contribution in [0.3, 0.4) is 0 Å². The number of sulfonamides is 1. The number of amides is 1. The van der Waals surface area contributed by atoms with E-state index in [-0.39, 0.29) is 27.4 Å². The predicted molar refractivity (Wildman–Crippen MR) is 113 cm³/mol. The van der Waals surface area contributed by atoms with Crippen LogP contribution < -0.4 is 10.2 Å². The Bertz CT molecular complexity index is 896. The Hall–Kier alpha value is -1.60. The van der Waals surface area contributed by atoms with Crippen molar-refractivity contribution in [3.63, 3.8) is 0 Å². The molecular weight excluding hydrogens is 398 g/mol. The van der Waals surface area contributed by atoms with Crippen molar-refractivity contribution >= 4 is 39.1 Å². The molecule has 0 unspecified atom stereocenters. The van der Waals surface area contributed by atoms with Gasteiger partial charge in [-0.25, -0.2) is 0 Å². The number of rotatable bonds is 5. The zero-order valence-electron chi connectivity index (χ0n) is 16.7. The minimum absolute atomic E-state index is 0.0196. The number of nitrogens with one attached hydrogen (secondary N) is 1. The molecule has 0 spiro atoms. The number of carbonyl (C=O) groups excluding carboxylic acids is 1. The minimum atomic E-state index is -3.84. The highest BCUT2D eigenvalue weighted by Crippen LogP contribution is 2.37. The van der Waals surface area contributed by atoms with E-state index in [0.717, 1.165) is 32.1 Å². The molecule has 1 amide bonds. The molecule has 2 aliphatic heterocycles. The van der Waals surface area contributed by atoms with Crippen LogP contribution in [0.4, 0.5) is 5.69 Å². The van der Waals surface area contributed by atoms with Crippen LogP contribution in [0.15, 0.2) is 21.4 Å². The highest BCUT2D eigenvalue weighted by molar-refractivity contribution is 7.90. The van der Waals surface area contributed by atoms with Crippen molar-refractivity contribution < 1.29 is 13.2 Å². The van der Waals surface area contributed by atoms with Crippen molar-refractivity contribution in [3.05, 3.63) is 22.7 Å². The van der Waals surface area contributed by atoms with E-state index in [0.29, 0.717) is 30.4 Å². The van der Waals surface area contributed by atoms with Gasteiger partial charge in [0.05, 0.1) is 16.3 Å². The van der Waals surface area contributed by atoms with Gasteiger partial charge in [0.2, 0.25) is 0 Å². The van der Waals surface area contributed by atoms with Crippen LogP contribution in [-0.4, -0.2) is 32.7 Å². The third-order valence-corrected chi connectivity index (χ3v) is 6.88. The first-order valence-corrected chi connectivity index (χ1v) is 11.8. The van der Waals surface area contributed by atoms with E-state index in [1.165, 1.54) is 6.07 Å². The Morgan fingerprint density at radius 2 is 1.96 bits per heavy atom. The first-order chi connectivity index (χ1) is 13.2. The fourth-order valence-electron chi connectivity index (χ4n) is 3.63. The van der Waals surface area contributed by atoms with Crippen LogP contribution in [0.2, 0.25) is 5.02 Å². The summed E-state index contributed by atoms with van der Waals surface area (Å²) in [7, 11) is -3.84. The number of hydrogen-bond acceptors (Lipinski definition) is 4. The highest BCUT2D eigenvalue weighted by Gasteiger charge is 2.33. The average Bonchev–Trinajstić information content (AvgIpc) is 2.84. The molecule has 1 N–H and O–H groups in total. The third-order valence-electron chi connectivity index (χ3n) is 5.24. The van der Waals surface area contributed by atoms with E-state index in [2.05, 4.69) is 23.6 Å². The lowest BCUT2D eigenvalue weighted by Crippen LogP contribution is -2.36. The summed E-state index contributed by atoms with van der Waals surface area (Å²) in [4.78, 5) is 14.7. The van der Waals surface area contributed by atoms with Crippen LogP contribution >= 0.6 is 11.6 Å². The molecular formula is C20H28ClN3O3S. The molecule has 154 valence electrons. The Kier molecular flexibility index (Phi) is 6.34. The van der Waals surface area contributed by atoms with Gasteiger partial charge in [-0.15, -0.1) is 4.40 Å². The van der Waals surface area contributed by atoms with Gasteiger partial charge in [-0.1, -0.05) is 31.9 Å². The molecule has 1 saturated heterocycles. The lowest BCUT2D eigenvalue weighted by Gasteiger charge is -2.30. The van der Waals surface area contributed by atoms with Crippen LogP contribution in [0.5, 0.6) is 0 Å². The van der Waals surface area contributed by atoms with Gasteiger partial charge in [-0.05, 0) is 50.7 Å². The van der Waals surface area contributed by atoms with Crippen molar-refractivity contribution in [2.45, 2.75) is 70.2 Å². The van der Waals surface area contributed by atoms with Gasteiger partial charge in [0.1, 0.15) is 10.7 Å². The standard InChI is InChI=1S/C20H28ClN3O3S/c1-13(2)8-9-14(3)22-20(25)15-11-18-17(12-16(15)21)24-10-6-4-5-7-19(24)23-28(18,26)27/h11-14H,4-10H2,1-3H3,(H,22,25)/t14-/m1/s1. The quantitative estimate of drug-likeness (QED) is 0.759. The molecule has 1 fully saturated rings. The molecule has 1 atom stereocenters. The van der Waals surface area contributed by atoms with Gasteiger partial charge >= 0.3 is 0 Å². The van der Waals surface area contributed by atoms with E-state index >= 15 is 0 Å². The topological polar surface area (TPSA) is 78.8 Å². The fraction of sp³-hybridized carbons (Fsp3) is 0.600. The van der Waals surface area contributed by atoms with Crippen LogP contribution in [-0.2, 0) is 10.0 Å². The van der Waals surface area contributed by atoms with Crippen molar-refractivity contribution in [1.29, 1.82) is 0 Å². The maximum atomic E-state index is 12.7. The molecule has 0 saturated carbocycles. The lowest BCUT2D eigenvalue weighted by atomic mass is 10.0. The summed E-state index contributed by atoms with van der Waals surface area (Å²) in [5.74, 6) is 0.767. The summed E-state index contributed by atoms with van der Waals surface area (Å²) >= 11 is 6.41. The Morgan fingerprint density at radius 1 is 1.21 bits per heavy atom. The number of hydrogen-bond donors (Lipinski definition) is 1. The zero-order chi connectivity index (χ0) is 20.5. The number of carbonyl (C=O) groups is 1. The zero-order valence-corrected chi connectivity index (χ0v) is 18.2. The molecule has 8 heteroatoms. The monoisotopic (exact) mass is 425 g/mol. The SMILES string of the molecule is CC(C)CC[C@@H](C)NC(=O)c1cc2c(cc1Cl)N1CCCCCC1=NS2(=O)=O. The summed E-state index contributed by atoms with van der Waals surface area (Å²) in [5, 5.41) is 3.18. The van der Waals surface area contributed by atoms with Gasteiger partial charge in [-0.2, -0.15) is 8.42 Å². The van der Waals surface area contributed by atoms with Gasteiger partial charge in [0, 0.05) is 19.0 Å². The summed E-state index contributed by atoms with van der Waals surface area (Å²) in [6.07, 6.45) is 5.40. The first-order valence-electron chi connectivity index (χ1n) is 9.95. The number of anilines is 1. The lowest BCUT2D eigenvalue weighted by molar-refractivity contribution is 0.0937. The van der Waals surface area contributed by atoms with E-state index in [1.807, 2.05) is 11.8 Å². The van der Waals surface area contributed by atoms with Crippen molar-refractivity contribution in [3.8, 4) is 0 Å². The van der Waals surface area contributed by atoms with Crippen molar-refractivity contribution in [1.82, 2.24) is 5.32 Å². The molecule has 0 aliphatic carbocycles. The van der Waals surface area contributed by atoms with Crippen LogP contribution in [0, 0.1) is 5.92 Å². The van der Waals surface area contributed by atoms with E-state index in [1.54, 1.807) is 6.07 Å². The molecule has 2 heterocycles. The smallest absolute Gasteiger partial charge is 0.286 e. The van der Waals surface area contributed by atoms with Crippen LogP contribution in [0.25, 0.3) is 0 Å². The number of amidine groups is 1. The molecule has 1 aromatic rings. The number of halogens is 1. The third kappa shape index (κ3) is 4.51. The molecule has 2 aliphatic rings. The number of fused-ring (bicyclic) bond motifs is 3. The summed E-state index contributed by atoms with van der Waals surface area (Å²) in [5.41, 5.74) is 0.704. The second kappa shape index (κ2) is 8.41. The second-order valence-electron chi connectivity index (χ2n) is 8.09. The van der Waals surface area contributed by atoms with E-state index in [9.17, 15) is 13.2 Å². The fourth-order valence-corrected chi connectivity index (χ4v) is 5.14. The van der Waals surface area contributed by atoms with Gasteiger partial charge in [0.25, 0.3) is 15.9 Å². The summed E-state index contributed by atoms with van der Waals surface area (Å²) in [6, 6.07) is 2.96. The normalized spacial score (nSPS) is 19.3. The number of benzene rings is 1. The largest absolute Gasteiger partial charge is 0.350 e. The maximum Gasteiger partial charge on any atom is 0.286 e. The molecule has 0 radical (unpaired) electrons. The Morgan fingerprint density at radius 3 is 2.68 bits per heavy atom. The molecule has 1 aromatic carbocycles. The maximum absolute atomic E-state index is 12.7. The van der Waals surface area contributed by atoms with E-state index in [4.69, 9.17) is 11.6 Å². The second-order valence-corrected chi connectivity index (χ2v) is 10.1. The summed E-state index contributed by atoms with van der Waals surface area (Å²) in [6.45, 7) is 6.92. The van der Waals surface area contributed by atoms with Gasteiger partial charge < -0.3 is 10.2 Å². The van der Waals surface area contributed by atoms with Crippen molar-refractivity contribution in [2.24, 2.45) is 10.3 Å². The minimum Gasteiger partial charge on any atom is -0.350 e. The molecule has 0 bridgehead atoms. The molecule has 0 aromatic heterocycles. The number of nitrogens with zero attached hydrogens (tertiary/aromatic N) is 2. The predicted octanol–water partition coefficient (Wildman–Crippen LogP) is 4.38. The molecule has 3 rings (SSSR count). The first kappa shape index (κ1) is 21.1. The molecule has 6 nitrogen and oxygen atoms in total. The van der Waals surface area contributed by atoms with E-state index < -0.39 is 10.0 Å². The summed E-state index contributed by atoms with van der Waals surface area (Å²) < 4.78 is 29.5. The highest BCUT2D eigenvalue weighted by atomic mass is 35.5. The molecule has 28 heavy (non-hydrogen) atoms. The van der Waals surface area contributed by atoms with Crippen LogP contribution in [0.1, 0.15) is 69.7 Å².